The molecule has 1 aromatic rings. The summed E-state index contributed by atoms with van der Waals surface area (Å²) in [6, 6.07) is 8.00. The highest BCUT2D eigenvalue weighted by Crippen LogP contribution is 2.45. The molecule has 4 atom stereocenters. The molecule has 2 aliphatic rings. The van der Waals surface area contributed by atoms with Gasteiger partial charge >= 0.3 is 5.97 Å². The lowest BCUT2D eigenvalue weighted by atomic mass is 9.69. The van der Waals surface area contributed by atoms with Crippen molar-refractivity contribution in [1.82, 2.24) is 0 Å². The Morgan fingerprint density at radius 2 is 1.94 bits per heavy atom. The largest absolute Gasteiger partial charge is 0.465 e. The molecule has 3 nitrogen and oxygen atoms in total. The summed E-state index contributed by atoms with van der Waals surface area (Å²) in [7, 11) is 0. The normalized spacial score (nSPS) is 35.1. The minimum Gasteiger partial charge on any atom is -0.465 e. The highest BCUT2D eigenvalue weighted by atomic mass is 79.9. The minimum atomic E-state index is -0.325. The summed E-state index contributed by atoms with van der Waals surface area (Å²) in [5.41, 5.74) is 1.12. The maximum Gasteiger partial charge on any atom is 0.309 e. The summed E-state index contributed by atoms with van der Waals surface area (Å²) >= 11 is 3.41. The van der Waals surface area contributed by atoms with Gasteiger partial charge in [-0.1, -0.05) is 28.1 Å². The number of hydrogen-bond acceptors (Lipinski definition) is 3. The molecule has 0 spiro atoms. The molecule has 0 amide bonds. The number of fused-ring (bicyclic) bond motifs is 1. The molecular weight excluding hydrogens is 296 g/mol. The Balaban J connectivity index is 1.93. The van der Waals surface area contributed by atoms with Gasteiger partial charge in [0.25, 0.3) is 0 Å². The highest BCUT2D eigenvalue weighted by Gasteiger charge is 2.47. The molecule has 1 aromatic carbocycles. The summed E-state index contributed by atoms with van der Waals surface area (Å²) in [5, 5.41) is 9.95. The summed E-state index contributed by atoms with van der Waals surface area (Å²) in [6.07, 6.45) is 1.01. The monoisotopic (exact) mass is 310 g/mol. The van der Waals surface area contributed by atoms with Crippen molar-refractivity contribution in [1.29, 1.82) is 0 Å². The van der Waals surface area contributed by atoms with Crippen LogP contribution in [0.3, 0.4) is 0 Å². The van der Waals surface area contributed by atoms with E-state index < -0.39 is 0 Å². The molecule has 1 saturated carbocycles. The van der Waals surface area contributed by atoms with E-state index in [4.69, 9.17) is 4.74 Å². The lowest BCUT2D eigenvalue weighted by Gasteiger charge is -2.33. The van der Waals surface area contributed by atoms with Crippen molar-refractivity contribution >= 4 is 21.9 Å². The molecule has 18 heavy (non-hydrogen) atoms. The van der Waals surface area contributed by atoms with Crippen molar-refractivity contribution in [3.05, 3.63) is 34.3 Å². The Labute approximate surface area is 114 Å². The summed E-state index contributed by atoms with van der Waals surface area (Å²) in [6.45, 7) is 0.466. The van der Waals surface area contributed by atoms with Crippen LogP contribution in [0.1, 0.15) is 24.3 Å². The fourth-order valence-electron chi connectivity index (χ4n) is 3.23. The maximum absolute atomic E-state index is 11.9. The molecule has 1 aliphatic carbocycles. The number of rotatable bonds is 1. The molecule has 0 aromatic heterocycles. The number of aliphatic hydroxyl groups excluding tert-OH is 1. The number of benzene rings is 1. The third-order valence-electron chi connectivity index (χ3n) is 4.05. The molecule has 96 valence electrons. The molecule has 3 rings (SSSR count). The fraction of sp³-hybridized carbons (Fsp3) is 0.500. The van der Waals surface area contributed by atoms with Gasteiger partial charge in [-0.3, -0.25) is 4.79 Å². The molecule has 1 heterocycles. The third-order valence-corrected chi connectivity index (χ3v) is 4.58. The molecule has 1 aliphatic heterocycles. The first kappa shape index (κ1) is 12.2. The van der Waals surface area contributed by atoms with Gasteiger partial charge < -0.3 is 9.84 Å². The predicted molar refractivity (Wildman–Crippen MR) is 70.1 cm³/mol. The topological polar surface area (TPSA) is 46.5 Å². The van der Waals surface area contributed by atoms with Crippen LogP contribution >= 0.6 is 15.9 Å². The Kier molecular flexibility index (Phi) is 3.16. The van der Waals surface area contributed by atoms with Gasteiger partial charge in [-0.05, 0) is 30.5 Å². The van der Waals surface area contributed by atoms with Gasteiger partial charge in [-0.25, -0.2) is 0 Å². The molecule has 1 N–H and O–H groups in total. The molecule has 2 fully saturated rings. The molecule has 1 saturated heterocycles. The summed E-state index contributed by atoms with van der Waals surface area (Å²) < 4.78 is 6.19. The number of halogens is 1. The van der Waals surface area contributed by atoms with Gasteiger partial charge in [0.1, 0.15) is 0 Å². The van der Waals surface area contributed by atoms with Crippen LogP contribution in [0.15, 0.2) is 28.7 Å². The molecule has 0 unspecified atom stereocenters. The Hall–Kier alpha value is -0.870. The molecule has 4 heteroatoms. The lowest BCUT2D eigenvalue weighted by molar-refractivity contribution is -0.142. The van der Waals surface area contributed by atoms with E-state index in [1.807, 2.05) is 24.3 Å². The van der Waals surface area contributed by atoms with Crippen LogP contribution in [0.25, 0.3) is 0 Å². The van der Waals surface area contributed by atoms with Crippen LogP contribution in [0, 0.1) is 11.8 Å². The predicted octanol–water partition coefficient (Wildman–Crippen LogP) is 2.48. The van der Waals surface area contributed by atoms with Crippen LogP contribution in [0.4, 0.5) is 0 Å². The molecule has 0 radical (unpaired) electrons. The Bertz CT molecular complexity index is 457. The number of carbonyl (C=O) groups excluding carboxylic acids is 1. The SMILES string of the molecule is O=C1OC[C@H]2C[C@@H](O)C[C@@H](c3ccc(Br)cc3)[C@@H]12. The second kappa shape index (κ2) is 4.67. The number of carbonyl (C=O) groups is 1. The third kappa shape index (κ3) is 2.08. The van der Waals surface area contributed by atoms with Crippen LogP contribution < -0.4 is 0 Å². The number of aliphatic hydroxyl groups is 1. The zero-order valence-electron chi connectivity index (χ0n) is 9.88. The van der Waals surface area contributed by atoms with Crippen LogP contribution in [0.5, 0.6) is 0 Å². The van der Waals surface area contributed by atoms with Crippen LogP contribution in [-0.4, -0.2) is 23.8 Å². The van der Waals surface area contributed by atoms with E-state index in [-0.39, 0.29) is 29.8 Å². The zero-order valence-corrected chi connectivity index (χ0v) is 11.5. The Morgan fingerprint density at radius 1 is 1.22 bits per heavy atom. The second-order valence-corrected chi connectivity index (χ2v) is 6.11. The average molecular weight is 311 g/mol. The second-order valence-electron chi connectivity index (χ2n) is 5.20. The van der Waals surface area contributed by atoms with E-state index in [0.717, 1.165) is 10.0 Å². The van der Waals surface area contributed by atoms with Gasteiger partial charge in [0.05, 0.1) is 18.6 Å². The minimum absolute atomic E-state index is 0.0745. The van der Waals surface area contributed by atoms with Gasteiger partial charge in [-0.2, -0.15) is 0 Å². The summed E-state index contributed by atoms with van der Waals surface area (Å²) in [5.74, 6) is 0.0890. The smallest absolute Gasteiger partial charge is 0.309 e. The van der Waals surface area contributed by atoms with Crippen molar-refractivity contribution in [3.63, 3.8) is 0 Å². The fourth-order valence-corrected chi connectivity index (χ4v) is 3.49. The summed E-state index contributed by atoms with van der Waals surface area (Å²) in [4.78, 5) is 11.9. The standard InChI is InChI=1S/C14H15BrO3/c15-10-3-1-8(2-4-10)12-6-11(16)5-9-7-18-14(17)13(9)12/h1-4,9,11-13,16H,5-7H2/t9-,11-,12+,13+/m1/s1. The van der Waals surface area contributed by atoms with E-state index >= 15 is 0 Å². The van der Waals surface area contributed by atoms with E-state index in [1.165, 1.54) is 0 Å². The zero-order chi connectivity index (χ0) is 12.7. The Morgan fingerprint density at radius 3 is 2.67 bits per heavy atom. The first-order chi connectivity index (χ1) is 8.65. The van der Waals surface area contributed by atoms with Crippen molar-refractivity contribution in [2.24, 2.45) is 11.8 Å². The highest BCUT2D eigenvalue weighted by molar-refractivity contribution is 9.10. The molecule has 0 bridgehead atoms. The van der Waals surface area contributed by atoms with E-state index in [9.17, 15) is 9.90 Å². The number of esters is 1. The van der Waals surface area contributed by atoms with Gasteiger partial charge in [0, 0.05) is 16.3 Å². The first-order valence-corrected chi connectivity index (χ1v) is 7.04. The quantitative estimate of drug-likeness (QED) is 0.811. The lowest BCUT2D eigenvalue weighted by Crippen LogP contribution is -2.34. The van der Waals surface area contributed by atoms with E-state index in [2.05, 4.69) is 15.9 Å². The maximum atomic E-state index is 11.9. The molecular formula is C14H15BrO3. The van der Waals surface area contributed by atoms with E-state index in [1.54, 1.807) is 0 Å². The van der Waals surface area contributed by atoms with Crippen LogP contribution in [0.2, 0.25) is 0 Å². The number of ether oxygens (including phenoxy) is 1. The number of cyclic esters (lactones) is 1. The van der Waals surface area contributed by atoms with Crippen molar-refractivity contribution in [3.8, 4) is 0 Å². The average Bonchev–Trinajstić information content (AvgIpc) is 2.71. The number of hydrogen-bond donors (Lipinski definition) is 1. The van der Waals surface area contributed by atoms with Crippen molar-refractivity contribution < 1.29 is 14.6 Å². The van der Waals surface area contributed by atoms with Gasteiger partial charge in [0.15, 0.2) is 0 Å². The van der Waals surface area contributed by atoms with Gasteiger partial charge in [-0.15, -0.1) is 0 Å². The van der Waals surface area contributed by atoms with E-state index in [0.29, 0.717) is 19.4 Å². The van der Waals surface area contributed by atoms with Crippen molar-refractivity contribution in [2.45, 2.75) is 24.9 Å². The first-order valence-electron chi connectivity index (χ1n) is 6.25. The van der Waals surface area contributed by atoms with Gasteiger partial charge in [0.2, 0.25) is 0 Å². The van der Waals surface area contributed by atoms with Crippen molar-refractivity contribution in [2.75, 3.05) is 6.61 Å². The van der Waals surface area contributed by atoms with Crippen LogP contribution in [-0.2, 0) is 9.53 Å².